The summed E-state index contributed by atoms with van der Waals surface area (Å²) in [6, 6.07) is 13.1. The van der Waals surface area contributed by atoms with Crippen LogP contribution in [0.5, 0.6) is 11.5 Å². The van der Waals surface area contributed by atoms with Crippen LogP contribution < -0.4 is 15.4 Å². The molecule has 0 aliphatic carbocycles. The number of likely N-dealkylation sites (tertiary alicyclic amines) is 1. The first-order valence-electron chi connectivity index (χ1n) is 10.9. The zero-order valence-corrected chi connectivity index (χ0v) is 20.3. The van der Waals surface area contributed by atoms with Crippen LogP contribution >= 0.6 is 23.2 Å². The summed E-state index contributed by atoms with van der Waals surface area (Å²) in [4.78, 5) is 25.3. The Morgan fingerprint density at radius 3 is 2.48 bits per heavy atom. The largest absolute Gasteiger partial charge is 0.456 e. The maximum atomic E-state index is 11.7. The van der Waals surface area contributed by atoms with Gasteiger partial charge in [0.05, 0.1) is 5.02 Å². The normalized spacial score (nSPS) is 15.5. The van der Waals surface area contributed by atoms with Gasteiger partial charge in [0.1, 0.15) is 11.5 Å². The molecule has 2 amide bonds. The van der Waals surface area contributed by atoms with Crippen LogP contribution in [0.25, 0.3) is 0 Å². The summed E-state index contributed by atoms with van der Waals surface area (Å²) in [5, 5.41) is 6.40. The second kappa shape index (κ2) is 12.1. The van der Waals surface area contributed by atoms with Gasteiger partial charge < -0.3 is 20.1 Å². The van der Waals surface area contributed by atoms with Crippen molar-refractivity contribution >= 4 is 35.2 Å². The topological polar surface area (TPSA) is 79.9 Å². The van der Waals surface area contributed by atoms with Crippen molar-refractivity contribution in [3.63, 3.8) is 0 Å². The lowest BCUT2D eigenvalue weighted by Gasteiger charge is -2.36. The molecule has 2 aromatic carbocycles. The molecule has 1 atom stereocenters. The van der Waals surface area contributed by atoms with E-state index in [2.05, 4.69) is 22.5 Å². The predicted molar refractivity (Wildman–Crippen MR) is 129 cm³/mol. The fraction of sp³-hybridized carbons (Fsp3) is 0.417. The molecule has 0 radical (unpaired) electrons. The molecular weight excluding hydrogens is 465 g/mol. The number of nitrogens with one attached hydrogen (secondary N) is 2. The Balaban J connectivity index is 1.51. The molecule has 1 fully saturated rings. The molecule has 7 nitrogen and oxygen atoms in total. The van der Waals surface area contributed by atoms with Gasteiger partial charge in [-0.05, 0) is 74.7 Å². The molecule has 178 valence electrons. The third kappa shape index (κ3) is 7.25. The van der Waals surface area contributed by atoms with Crippen LogP contribution in [-0.4, -0.2) is 50.2 Å². The highest BCUT2D eigenvalue weighted by Crippen LogP contribution is 2.37. The van der Waals surface area contributed by atoms with E-state index in [1.54, 1.807) is 12.1 Å². The first-order chi connectivity index (χ1) is 15.9. The van der Waals surface area contributed by atoms with Gasteiger partial charge in [0, 0.05) is 24.7 Å². The van der Waals surface area contributed by atoms with Gasteiger partial charge in [-0.3, -0.25) is 9.69 Å². The van der Waals surface area contributed by atoms with Crippen molar-refractivity contribution in [2.75, 3.05) is 33.3 Å². The maximum Gasteiger partial charge on any atom is 0.407 e. The molecule has 0 aromatic heterocycles. The molecule has 1 aliphatic heterocycles. The summed E-state index contributed by atoms with van der Waals surface area (Å²) >= 11 is 12.7. The number of amides is 2. The zero-order chi connectivity index (χ0) is 23.8. The Labute approximate surface area is 204 Å². The van der Waals surface area contributed by atoms with E-state index >= 15 is 0 Å². The zero-order valence-electron chi connectivity index (χ0n) is 18.8. The van der Waals surface area contributed by atoms with Crippen LogP contribution in [-0.2, 0) is 9.53 Å². The second-order valence-electron chi connectivity index (χ2n) is 8.00. The van der Waals surface area contributed by atoms with E-state index in [9.17, 15) is 9.59 Å². The Hall–Kier alpha value is -2.48. The number of likely N-dealkylation sites (N-methyl/N-ethyl adjacent to an activating group) is 1. The molecule has 0 saturated carbocycles. The Morgan fingerprint density at radius 2 is 1.82 bits per heavy atom. The number of alkyl carbamates (subject to hydrolysis) is 1. The minimum absolute atomic E-state index is 0.123. The molecule has 3 rings (SSSR count). The highest BCUT2D eigenvalue weighted by Gasteiger charge is 2.26. The van der Waals surface area contributed by atoms with Gasteiger partial charge in [0.15, 0.2) is 6.61 Å². The number of benzene rings is 2. The van der Waals surface area contributed by atoms with Crippen LogP contribution in [0, 0.1) is 5.92 Å². The summed E-state index contributed by atoms with van der Waals surface area (Å²) in [6.45, 7) is 4.17. The molecule has 2 aromatic rings. The van der Waals surface area contributed by atoms with E-state index in [1.807, 2.05) is 30.3 Å². The lowest BCUT2D eigenvalue weighted by atomic mass is 9.94. The number of halogens is 2. The molecule has 0 spiro atoms. The highest BCUT2D eigenvalue weighted by molar-refractivity contribution is 6.33. The first kappa shape index (κ1) is 25.1. The predicted octanol–water partition coefficient (Wildman–Crippen LogP) is 5.03. The van der Waals surface area contributed by atoms with Gasteiger partial charge in [-0.2, -0.15) is 0 Å². The third-order valence-electron chi connectivity index (χ3n) is 5.83. The number of hydrogen-bond acceptors (Lipinski definition) is 5. The van der Waals surface area contributed by atoms with Crippen molar-refractivity contribution in [2.24, 2.45) is 5.92 Å². The standard InChI is InChI=1S/C24H29Cl2N3O4/c1-16(20-4-3-5-21(23(20)26)33-19-8-6-18(25)7-9-19)29-12-10-17(11-13-29)14-28-24(31)32-15-22(30)27-2/h3-9,16-17H,10-15H2,1-2H3,(H,27,30)(H,28,31). The lowest BCUT2D eigenvalue weighted by molar-refractivity contribution is -0.123. The van der Waals surface area contributed by atoms with Crippen molar-refractivity contribution in [3.05, 3.63) is 58.1 Å². The number of carbonyl (C=O) groups excluding carboxylic acids is 2. The molecule has 33 heavy (non-hydrogen) atoms. The minimum atomic E-state index is -0.571. The van der Waals surface area contributed by atoms with Crippen LogP contribution in [0.2, 0.25) is 10.0 Å². The molecule has 0 bridgehead atoms. The highest BCUT2D eigenvalue weighted by atomic mass is 35.5. The molecule has 2 N–H and O–H groups in total. The number of hydrogen-bond donors (Lipinski definition) is 2. The van der Waals surface area contributed by atoms with Crippen molar-refractivity contribution < 1.29 is 19.1 Å². The van der Waals surface area contributed by atoms with Crippen LogP contribution in [0.15, 0.2) is 42.5 Å². The third-order valence-corrected chi connectivity index (χ3v) is 6.49. The van der Waals surface area contributed by atoms with E-state index in [0.29, 0.717) is 34.0 Å². The smallest absolute Gasteiger partial charge is 0.407 e. The summed E-state index contributed by atoms with van der Waals surface area (Å²) in [5.74, 6) is 1.30. The van der Waals surface area contributed by atoms with E-state index in [0.717, 1.165) is 31.5 Å². The first-order valence-corrected chi connectivity index (χ1v) is 11.7. The van der Waals surface area contributed by atoms with Crippen LogP contribution in [0.4, 0.5) is 4.79 Å². The van der Waals surface area contributed by atoms with Gasteiger partial charge in [-0.25, -0.2) is 4.79 Å². The Morgan fingerprint density at radius 1 is 1.12 bits per heavy atom. The van der Waals surface area contributed by atoms with Gasteiger partial charge >= 0.3 is 6.09 Å². The van der Waals surface area contributed by atoms with Crippen molar-refractivity contribution in [3.8, 4) is 11.5 Å². The van der Waals surface area contributed by atoms with Crippen LogP contribution in [0.3, 0.4) is 0 Å². The van der Waals surface area contributed by atoms with Crippen LogP contribution in [0.1, 0.15) is 31.4 Å². The molecule has 1 saturated heterocycles. The Bertz CT molecular complexity index is 947. The quantitative estimate of drug-likeness (QED) is 0.538. The number of ether oxygens (including phenoxy) is 2. The van der Waals surface area contributed by atoms with Crippen molar-refractivity contribution in [2.45, 2.75) is 25.8 Å². The molecular formula is C24H29Cl2N3O4. The molecule has 1 unspecified atom stereocenters. The average Bonchev–Trinajstić information content (AvgIpc) is 2.83. The Kier molecular flexibility index (Phi) is 9.23. The summed E-state index contributed by atoms with van der Waals surface area (Å²) in [6.07, 6.45) is 1.32. The molecule has 1 heterocycles. The van der Waals surface area contributed by atoms with Gasteiger partial charge in [-0.1, -0.05) is 35.3 Å². The average molecular weight is 494 g/mol. The van der Waals surface area contributed by atoms with Crippen molar-refractivity contribution in [1.29, 1.82) is 0 Å². The lowest BCUT2D eigenvalue weighted by Crippen LogP contribution is -2.40. The fourth-order valence-electron chi connectivity index (χ4n) is 3.78. The van der Waals surface area contributed by atoms with E-state index < -0.39 is 6.09 Å². The van der Waals surface area contributed by atoms with Crippen molar-refractivity contribution in [1.82, 2.24) is 15.5 Å². The SMILES string of the molecule is CNC(=O)COC(=O)NCC1CCN(C(C)c2cccc(Oc3ccc(Cl)cc3)c2Cl)CC1. The monoisotopic (exact) mass is 493 g/mol. The fourth-order valence-corrected chi connectivity index (χ4v) is 4.23. The van der Waals surface area contributed by atoms with Gasteiger partial charge in [-0.15, -0.1) is 0 Å². The van der Waals surface area contributed by atoms with E-state index in [1.165, 1.54) is 7.05 Å². The summed E-state index contributed by atoms with van der Waals surface area (Å²) < 4.78 is 10.8. The minimum Gasteiger partial charge on any atom is -0.456 e. The number of carbonyl (C=O) groups is 2. The summed E-state index contributed by atoms with van der Waals surface area (Å²) in [7, 11) is 1.49. The number of rotatable bonds is 8. The summed E-state index contributed by atoms with van der Waals surface area (Å²) in [5.41, 5.74) is 1.01. The number of piperidine rings is 1. The maximum absolute atomic E-state index is 11.7. The molecule has 1 aliphatic rings. The second-order valence-corrected chi connectivity index (χ2v) is 8.82. The van der Waals surface area contributed by atoms with E-state index in [-0.39, 0.29) is 18.6 Å². The van der Waals surface area contributed by atoms with Gasteiger partial charge in [0.25, 0.3) is 5.91 Å². The van der Waals surface area contributed by atoms with E-state index in [4.69, 9.17) is 32.7 Å². The molecule has 9 heteroatoms. The number of nitrogens with zero attached hydrogens (tertiary/aromatic N) is 1. The van der Waals surface area contributed by atoms with Gasteiger partial charge in [0.2, 0.25) is 0 Å².